The summed E-state index contributed by atoms with van der Waals surface area (Å²) in [4.78, 5) is 17.3. The lowest BCUT2D eigenvalue weighted by Crippen LogP contribution is -2.29. The lowest BCUT2D eigenvalue weighted by Gasteiger charge is -2.20. The Kier molecular flexibility index (Phi) is 6.88. The first kappa shape index (κ1) is 19.9. The minimum atomic E-state index is -0.850. The number of carboxylic acid groups (broad SMARTS) is 1. The molecular weight excluding hydrogens is 349 g/mol. The number of unbranched alkanes of at least 4 members (excludes halogenated alkanes) is 1. The summed E-state index contributed by atoms with van der Waals surface area (Å²) in [5.41, 5.74) is 2.15. The van der Waals surface area contributed by atoms with Crippen molar-refractivity contribution in [2.75, 3.05) is 38.6 Å². The van der Waals surface area contributed by atoms with E-state index in [1.54, 1.807) is 7.11 Å². The van der Waals surface area contributed by atoms with Gasteiger partial charge in [0.15, 0.2) is 0 Å². The molecule has 7 heteroatoms. The second kappa shape index (κ2) is 9.35. The van der Waals surface area contributed by atoms with Gasteiger partial charge in [-0.3, -0.25) is 9.69 Å². The number of hydrogen-bond donors (Lipinski definition) is 2. The van der Waals surface area contributed by atoms with Crippen LogP contribution in [0.5, 0.6) is 5.75 Å². The maximum atomic E-state index is 14.5. The minimum Gasteiger partial charge on any atom is -0.496 e. The number of likely N-dealkylation sites (tertiary alicyclic amines) is 1. The van der Waals surface area contributed by atoms with Gasteiger partial charge < -0.3 is 15.2 Å². The van der Waals surface area contributed by atoms with E-state index in [9.17, 15) is 9.18 Å². The second-order valence-electron chi connectivity index (χ2n) is 7.61. The van der Waals surface area contributed by atoms with Crippen molar-refractivity contribution in [3.05, 3.63) is 17.3 Å². The molecule has 0 spiro atoms. The Morgan fingerprint density at radius 3 is 3.15 bits per heavy atom. The SMILES string of the molecule is COc1cc(CCCCC(F)[C@@H]2CCN(CC(=O)O)C2)nc2c1CCCN2. The van der Waals surface area contributed by atoms with E-state index in [1.807, 2.05) is 11.0 Å². The van der Waals surface area contributed by atoms with Crippen LogP contribution >= 0.6 is 0 Å². The number of nitrogens with zero attached hydrogens (tertiary/aromatic N) is 2. The molecule has 3 rings (SSSR count). The highest BCUT2D eigenvalue weighted by molar-refractivity contribution is 5.69. The Balaban J connectivity index is 1.43. The van der Waals surface area contributed by atoms with Crippen molar-refractivity contribution in [1.29, 1.82) is 0 Å². The Morgan fingerprint density at radius 1 is 1.52 bits per heavy atom. The molecule has 2 aliphatic heterocycles. The van der Waals surface area contributed by atoms with E-state index in [0.29, 0.717) is 19.5 Å². The highest BCUT2D eigenvalue weighted by Crippen LogP contribution is 2.31. The third kappa shape index (κ3) is 5.31. The summed E-state index contributed by atoms with van der Waals surface area (Å²) in [5.74, 6) is 0.961. The first-order valence-corrected chi connectivity index (χ1v) is 9.95. The van der Waals surface area contributed by atoms with Crippen molar-refractivity contribution in [3.63, 3.8) is 0 Å². The molecular formula is C20H30FN3O3. The Hall–Kier alpha value is -1.89. The first-order chi connectivity index (χ1) is 13.1. The van der Waals surface area contributed by atoms with Gasteiger partial charge in [0.05, 0.1) is 13.7 Å². The zero-order valence-electron chi connectivity index (χ0n) is 16.0. The van der Waals surface area contributed by atoms with Crippen LogP contribution in [0, 0.1) is 5.92 Å². The summed E-state index contributed by atoms with van der Waals surface area (Å²) in [6, 6.07) is 2.01. The fourth-order valence-corrected chi connectivity index (χ4v) is 4.14. The van der Waals surface area contributed by atoms with Gasteiger partial charge in [0.2, 0.25) is 0 Å². The lowest BCUT2D eigenvalue weighted by atomic mass is 9.97. The van der Waals surface area contributed by atoms with Crippen molar-refractivity contribution in [2.45, 2.75) is 51.1 Å². The number of hydrogen-bond acceptors (Lipinski definition) is 5. The molecule has 1 aromatic rings. The molecule has 1 aromatic heterocycles. The van der Waals surface area contributed by atoms with E-state index in [2.05, 4.69) is 5.32 Å². The summed E-state index contributed by atoms with van der Waals surface area (Å²) in [6.07, 6.45) is 5.03. The lowest BCUT2D eigenvalue weighted by molar-refractivity contribution is -0.138. The van der Waals surface area contributed by atoms with Crippen LogP contribution in [0.4, 0.5) is 10.2 Å². The number of fused-ring (bicyclic) bond motifs is 1. The van der Waals surface area contributed by atoms with Gasteiger partial charge in [-0.25, -0.2) is 9.37 Å². The van der Waals surface area contributed by atoms with Crippen LogP contribution < -0.4 is 10.1 Å². The van der Waals surface area contributed by atoms with Crippen molar-refractivity contribution in [2.24, 2.45) is 5.92 Å². The highest BCUT2D eigenvalue weighted by Gasteiger charge is 2.30. The number of ether oxygens (including phenoxy) is 1. The number of aromatic nitrogens is 1. The van der Waals surface area contributed by atoms with Crippen LogP contribution in [0.2, 0.25) is 0 Å². The van der Waals surface area contributed by atoms with Crippen LogP contribution in [0.1, 0.15) is 43.4 Å². The van der Waals surface area contributed by atoms with E-state index in [0.717, 1.165) is 67.9 Å². The smallest absolute Gasteiger partial charge is 0.317 e. The number of aliphatic carboxylic acids is 1. The van der Waals surface area contributed by atoms with E-state index >= 15 is 0 Å². The monoisotopic (exact) mass is 379 g/mol. The maximum absolute atomic E-state index is 14.5. The molecule has 27 heavy (non-hydrogen) atoms. The van der Waals surface area contributed by atoms with Gasteiger partial charge in [0, 0.05) is 36.3 Å². The minimum absolute atomic E-state index is 0.0170. The van der Waals surface area contributed by atoms with Gasteiger partial charge in [-0.05, 0) is 45.1 Å². The van der Waals surface area contributed by atoms with E-state index < -0.39 is 12.1 Å². The van der Waals surface area contributed by atoms with Gasteiger partial charge in [-0.2, -0.15) is 0 Å². The number of carboxylic acids is 1. The molecule has 1 unspecified atom stereocenters. The molecule has 3 heterocycles. The molecule has 2 N–H and O–H groups in total. The molecule has 0 aromatic carbocycles. The van der Waals surface area contributed by atoms with Crippen LogP contribution in [0.15, 0.2) is 6.07 Å². The van der Waals surface area contributed by atoms with E-state index in [-0.39, 0.29) is 12.5 Å². The van der Waals surface area contributed by atoms with Gasteiger partial charge in [-0.15, -0.1) is 0 Å². The quantitative estimate of drug-likeness (QED) is 0.643. The van der Waals surface area contributed by atoms with Gasteiger partial charge >= 0.3 is 5.97 Å². The molecule has 1 fully saturated rings. The van der Waals surface area contributed by atoms with Gasteiger partial charge in [0.25, 0.3) is 0 Å². The van der Waals surface area contributed by atoms with Gasteiger partial charge in [0.1, 0.15) is 17.7 Å². The largest absolute Gasteiger partial charge is 0.496 e. The van der Waals surface area contributed by atoms with Crippen LogP contribution in [0.3, 0.4) is 0 Å². The number of aryl methyl sites for hydroxylation is 1. The molecule has 0 bridgehead atoms. The summed E-state index contributed by atoms with van der Waals surface area (Å²) < 4.78 is 20.0. The third-order valence-corrected chi connectivity index (χ3v) is 5.59. The topological polar surface area (TPSA) is 74.7 Å². The maximum Gasteiger partial charge on any atom is 0.317 e. The molecule has 2 aliphatic rings. The van der Waals surface area contributed by atoms with Gasteiger partial charge in [-0.1, -0.05) is 6.42 Å². The van der Waals surface area contributed by atoms with Crippen LogP contribution in [-0.2, 0) is 17.6 Å². The van der Waals surface area contributed by atoms with Crippen LogP contribution in [-0.4, -0.2) is 60.4 Å². The van der Waals surface area contributed by atoms with Crippen molar-refractivity contribution < 1.29 is 19.0 Å². The highest BCUT2D eigenvalue weighted by atomic mass is 19.1. The summed E-state index contributed by atoms with van der Waals surface area (Å²) in [5, 5.41) is 12.2. The van der Waals surface area contributed by atoms with Crippen LogP contribution in [0.25, 0.3) is 0 Å². The number of rotatable bonds is 9. The molecule has 2 atom stereocenters. The molecule has 150 valence electrons. The van der Waals surface area contributed by atoms with Crippen molar-refractivity contribution >= 4 is 11.8 Å². The molecule has 0 saturated carbocycles. The zero-order valence-corrected chi connectivity index (χ0v) is 16.0. The molecule has 1 saturated heterocycles. The molecule has 0 aliphatic carbocycles. The summed E-state index contributed by atoms with van der Waals surface area (Å²) in [7, 11) is 1.69. The number of carbonyl (C=O) groups is 1. The van der Waals surface area contributed by atoms with Crippen molar-refractivity contribution in [1.82, 2.24) is 9.88 Å². The standard InChI is InChI=1S/C20H30FN3O3/c1-27-18-11-15(23-20-16(18)6-4-9-22-20)5-2-3-7-17(21)14-8-10-24(12-14)13-19(25)26/h11,14,17H,2-10,12-13H2,1H3,(H,22,23)(H,25,26)/t14-,17?/m1/s1. The summed E-state index contributed by atoms with van der Waals surface area (Å²) in [6.45, 7) is 2.20. The fraction of sp³-hybridized carbons (Fsp3) is 0.700. The average molecular weight is 379 g/mol. The Bertz CT molecular complexity index is 638. The number of pyridine rings is 1. The number of halogens is 1. The number of nitrogens with one attached hydrogen (secondary N) is 1. The normalized spacial score (nSPS) is 20.7. The average Bonchev–Trinajstić information content (AvgIpc) is 3.12. The number of alkyl halides is 1. The number of methoxy groups -OCH3 is 1. The fourth-order valence-electron chi connectivity index (χ4n) is 4.14. The Morgan fingerprint density at radius 2 is 2.37 bits per heavy atom. The predicted molar refractivity (Wildman–Crippen MR) is 102 cm³/mol. The second-order valence-corrected chi connectivity index (χ2v) is 7.61. The molecule has 0 radical (unpaired) electrons. The zero-order chi connectivity index (χ0) is 19.2. The predicted octanol–water partition coefficient (Wildman–Crippen LogP) is 2.91. The summed E-state index contributed by atoms with van der Waals surface area (Å²) >= 11 is 0. The third-order valence-electron chi connectivity index (χ3n) is 5.59. The first-order valence-electron chi connectivity index (χ1n) is 9.95. The number of anilines is 1. The van der Waals surface area contributed by atoms with Crippen molar-refractivity contribution in [3.8, 4) is 5.75 Å². The van der Waals surface area contributed by atoms with E-state index in [4.69, 9.17) is 14.8 Å². The molecule has 0 amide bonds. The Labute approximate surface area is 160 Å². The molecule has 6 nitrogen and oxygen atoms in total. The van der Waals surface area contributed by atoms with E-state index in [1.165, 1.54) is 0 Å².